The lowest BCUT2D eigenvalue weighted by Crippen LogP contribution is -2.53. The van der Waals surface area contributed by atoms with Crippen molar-refractivity contribution in [3.8, 4) is 16.9 Å². The molecule has 1 fully saturated rings. The van der Waals surface area contributed by atoms with Gasteiger partial charge in [-0.25, -0.2) is 0 Å². The van der Waals surface area contributed by atoms with Crippen LogP contribution in [0.2, 0.25) is 0 Å². The summed E-state index contributed by atoms with van der Waals surface area (Å²) in [4.78, 5) is 0. The molecule has 2 aromatic carbocycles. The molecule has 2 atom stereocenters. The first kappa shape index (κ1) is 13.5. The number of rotatable bonds is 3. The molecule has 2 unspecified atom stereocenters. The van der Waals surface area contributed by atoms with Gasteiger partial charge < -0.3 is 4.74 Å². The maximum Gasteiger partial charge on any atom is 0.119 e. The van der Waals surface area contributed by atoms with Crippen molar-refractivity contribution in [2.24, 2.45) is 5.41 Å². The van der Waals surface area contributed by atoms with Gasteiger partial charge in [-0.15, -0.1) is 11.6 Å². The van der Waals surface area contributed by atoms with Crippen LogP contribution in [0.3, 0.4) is 0 Å². The van der Waals surface area contributed by atoms with Crippen molar-refractivity contribution in [2.45, 2.75) is 31.7 Å². The van der Waals surface area contributed by atoms with Crippen molar-refractivity contribution >= 4 is 11.6 Å². The highest BCUT2D eigenvalue weighted by Crippen LogP contribution is 2.46. The summed E-state index contributed by atoms with van der Waals surface area (Å²) >= 11 is 6.23. The predicted molar refractivity (Wildman–Crippen MR) is 84.3 cm³/mol. The maximum atomic E-state index is 6.23. The molecule has 0 radical (unpaired) electrons. The first-order chi connectivity index (χ1) is 9.57. The predicted octanol–water partition coefficient (Wildman–Crippen LogP) is 5.14. The van der Waals surface area contributed by atoms with Crippen molar-refractivity contribution in [3.63, 3.8) is 0 Å². The van der Waals surface area contributed by atoms with E-state index in [-0.39, 0.29) is 16.9 Å². The Kier molecular flexibility index (Phi) is 3.47. The van der Waals surface area contributed by atoms with Crippen molar-refractivity contribution in [2.75, 3.05) is 0 Å². The van der Waals surface area contributed by atoms with E-state index in [9.17, 15) is 0 Å². The molecule has 0 N–H and O–H groups in total. The Hall–Kier alpha value is -1.47. The van der Waals surface area contributed by atoms with E-state index in [0.29, 0.717) is 0 Å². The monoisotopic (exact) mass is 286 g/mol. The van der Waals surface area contributed by atoms with E-state index in [1.165, 1.54) is 11.1 Å². The second-order valence-corrected chi connectivity index (χ2v) is 6.55. The number of benzene rings is 2. The van der Waals surface area contributed by atoms with Crippen molar-refractivity contribution in [1.29, 1.82) is 0 Å². The van der Waals surface area contributed by atoms with Crippen molar-refractivity contribution in [3.05, 3.63) is 54.6 Å². The van der Waals surface area contributed by atoms with E-state index in [1.54, 1.807) is 0 Å². The molecule has 0 spiro atoms. The molecule has 1 nitrogen and oxygen atoms in total. The van der Waals surface area contributed by atoms with Gasteiger partial charge >= 0.3 is 0 Å². The topological polar surface area (TPSA) is 9.23 Å². The van der Waals surface area contributed by atoms with E-state index in [2.05, 4.69) is 50.2 Å². The van der Waals surface area contributed by atoms with Crippen LogP contribution >= 0.6 is 11.6 Å². The first-order valence-electron chi connectivity index (χ1n) is 7.03. The largest absolute Gasteiger partial charge is 0.490 e. The van der Waals surface area contributed by atoms with Crippen LogP contribution in [0.25, 0.3) is 11.1 Å². The lowest BCUT2D eigenvalue weighted by molar-refractivity contribution is -0.0130. The summed E-state index contributed by atoms with van der Waals surface area (Å²) in [6.45, 7) is 4.33. The molecule has 2 heteroatoms. The summed E-state index contributed by atoms with van der Waals surface area (Å²) in [6, 6.07) is 18.7. The van der Waals surface area contributed by atoms with Crippen LogP contribution in [-0.4, -0.2) is 11.5 Å². The van der Waals surface area contributed by atoms with E-state index in [0.717, 1.165) is 12.2 Å². The van der Waals surface area contributed by atoms with Crippen LogP contribution in [0.5, 0.6) is 5.75 Å². The number of ether oxygens (including phenoxy) is 1. The molecule has 104 valence electrons. The van der Waals surface area contributed by atoms with Gasteiger partial charge in [0.05, 0.1) is 0 Å². The lowest BCUT2D eigenvalue weighted by Gasteiger charge is -2.48. The summed E-state index contributed by atoms with van der Waals surface area (Å²) in [7, 11) is 0. The second-order valence-electron chi connectivity index (χ2n) is 6.02. The van der Waals surface area contributed by atoms with Gasteiger partial charge in [0.1, 0.15) is 11.9 Å². The van der Waals surface area contributed by atoms with Crippen molar-refractivity contribution in [1.82, 2.24) is 0 Å². The van der Waals surface area contributed by atoms with Gasteiger partial charge in [0.2, 0.25) is 0 Å². The molecule has 1 aliphatic rings. The average Bonchev–Trinajstić information content (AvgIpc) is 2.48. The molecular formula is C18H19ClO. The van der Waals surface area contributed by atoms with E-state index in [1.807, 2.05) is 18.2 Å². The fraction of sp³-hybridized carbons (Fsp3) is 0.333. The third kappa shape index (κ3) is 2.43. The van der Waals surface area contributed by atoms with Crippen LogP contribution in [0.15, 0.2) is 54.6 Å². The summed E-state index contributed by atoms with van der Waals surface area (Å²) < 4.78 is 6.04. The van der Waals surface area contributed by atoms with Crippen LogP contribution < -0.4 is 4.74 Å². The van der Waals surface area contributed by atoms with E-state index in [4.69, 9.17) is 16.3 Å². The van der Waals surface area contributed by atoms with Gasteiger partial charge in [-0.2, -0.15) is 0 Å². The Balaban J connectivity index is 1.71. The van der Waals surface area contributed by atoms with Crippen LogP contribution in [0.4, 0.5) is 0 Å². The molecular weight excluding hydrogens is 268 g/mol. The Morgan fingerprint density at radius 1 is 0.950 bits per heavy atom. The van der Waals surface area contributed by atoms with Crippen LogP contribution in [0.1, 0.15) is 20.3 Å². The third-order valence-electron chi connectivity index (χ3n) is 4.30. The summed E-state index contributed by atoms with van der Waals surface area (Å²) in [5.74, 6) is 0.923. The van der Waals surface area contributed by atoms with Crippen molar-refractivity contribution < 1.29 is 4.74 Å². The summed E-state index contributed by atoms with van der Waals surface area (Å²) in [6.07, 6.45) is 1.14. The number of hydrogen-bond donors (Lipinski definition) is 0. The molecule has 3 rings (SSSR count). The summed E-state index contributed by atoms with van der Waals surface area (Å²) in [5, 5.41) is 0.219. The highest BCUT2D eigenvalue weighted by Gasteiger charge is 2.49. The minimum atomic E-state index is 0.0552. The zero-order valence-corrected chi connectivity index (χ0v) is 12.6. The number of hydrogen-bond acceptors (Lipinski definition) is 1. The van der Waals surface area contributed by atoms with Gasteiger partial charge in [0.25, 0.3) is 0 Å². The Morgan fingerprint density at radius 3 is 2.10 bits per heavy atom. The highest BCUT2D eigenvalue weighted by molar-refractivity contribution is 6.21. The zero-order valence-electron chi connectivity index (χ0n) is 11.8. The van der Waals surface area contributed by atoms with Gasteiger partial charge in [-0.05, 0) is 23.3 Å². The van der Waals surface area contributed by atoms with E-state index < -0.39 is 0 Å². The van der Waals surface area contributed by atoms with Crippen LogP contribution in [-0.2, 0) is 0 Å². The Morgan fingerprint density at radius 2 is 1.55 bits per heavy atom. The fourth-order valence-electron chi connectivity index (χ4n) is 2.56. The van der Waals surface area contributed by atoms with Gasteiger partial charge in [-0.3, -0.25) is 0 Å². The average molecular weight is 287 g/mol. The second kappa shape index (κ2) is 5.14. The molecule has 0 aromatic heterocycles. The molecule has 0 saturated heterocycles. The van der Waals surface area contributed by atoms with Gasteiger partial charge in [-0.1, -0.05) is 56.3 Å². The first-order valence-corrected chi connectivity index (χ1v) is 7.47. The minimum absolute atomic E-state index is 0.0552. The zero-order chi connectivity index (χ0) is 14.2. The van der Waals surface area contributed by atoms with Gasteiger partial charge in [0.15, 0.2) is 0 Å². The number of halogens is 1. The Bertz CT molecular complexity index is 574. The third-order valence-corrected chi connectivity index (χ3v) is 5.04. The van der Waals surface area contributed by atoms with Crippen LogP contribution in [0, 0.1) is 5.41 Å². The molecule has 1 saturated carbocycles. The highest BCUT2D eigenvalue weighted by atomic mass is 35.5. The molecule has 1 aliphatic carbocycles. The molecule has 0 heterocycles. The normalized spacial score (nSPS) is 23.9. The summed E-state index contributed by atoms with van der Waals surface area (Å²) in [5.41, 5.74) is 2.49. The minimum Gasteiger partial charge on any atom is -0.490 e. The van der Waals surface area contributed by atoms with Gasteiger partial charge in [0, 0.05) is 17.2 Å². The smallest absolute Gasteiger partial charge is 0.119 e. The molecule has 20 heavy (non-hydrogen) atoms. The lowest BCUT2D eigenvalue weighted by atomic mass is 9.68. The van der Waals surface area contributed by atoms with E-state index >= 15 is 0 Å². The maximum absolute atomic E-state index is 6.23. The molecule has 0 aliphatic heterocycles. The fourth-order valence-corrected chi connectivity index (χ4v) is 2.86. The Labute approximate surface area is 125 Å². The quantitative estimate of drug-likeness (QED) is 0.710. The molecule has 2 aromatic rings. The standard InChI is InChI=1S/C18H19ClO/c1-18(2)16(19)12-17(18)20-15-10-8-14(9-11-15)13-6-4-3-5-7-13/h3-11,16-17H,12H2,1-2H3. The number of alkyl halides is 1. The SMILES string of the molecule is CC1(C)C(Cl)CC1Oc1ccc(-c2ccccc2)cc1. The molecule has 0 bridgehead atoms. The molecule has 0 amide bonds.